The quantitative estimate of drug-likeness (QED) is 0.192. The molecule has 1 aliphatic carbocycles. The summed E-state index contributed by atoms with van der Waals surface area (Å²) in [5.74, 6) is 2.82. The van der Waals surface area contributed by atoms with E-state index in [0.717, 1.165) is 44.7 Å². The van der Waals surface area contributed by atoms with E-state index in [2.05, 4.69) is 115 Å². The van der Waals surface area contributed by atoms with Crippen molar-refractivity contribution in [1.29, 1.82) is 0 Å². The van der Waals surface area contributed by atoms with Crippen molar-refractivity contribution in [3.8, 4) is 73.3 Å². The Balaban J connectivity index is 1.05. The molecule has 1 aromatic heterocycles. The topological polar surface area (TPSA) is 47.9 Å². The minimum atomic E-state index is -0.707. The van der Waals surface area contributed by atoms with E-state index in [1.54, 1.807) is 0 Å². The van der Waals surface area contributed by atoms with Crippen molar-refractivity contribution in [3.63, 3.8) is 0 Å². The fourth-order valence-corrected chi connectivity index (χ4v) is 7.60. The summed E-state index contributed by atoms with van der Waals surface area (Å²) in [5, 5.41) is 0. The first-order chi connectivity index (χ1) is 24.8. The van der Waals surface area contributed by atoms with Crippen molar-refractivity contribution in [2.75, 3.05) is 0 Å². The van der Waals surface area contributed by atoms with Gasteiger partial charge in [0, 0.05) is 38.9 Å². The SMILES string of the molecule is c1ccc(-c2nc(-c3ccccc3)nc(-c3ccc(-c4ccc5c(c4)-c4ccccc4C4(O5)c5ccccc5-c5ccccc54)cc3)n2)cc1. The molecule has 4 nitrogen and oxygen atoms in total. The zero-order valence-corrected chi connectivity index (χ0v) is 27.0. The lowest BCUT2D eigenvalue weighted by Gasteiger charge is -2.39. The Bertz CT molecular complexity index is 2460. The van der Waals surface area contributed by atoms with E-state index in [0.29, 0.717) is 17.5 Å². The van der Waals surface area contributed by atoms with Gasteiger partial charge in [-0.05, 0) is 39.9 Å². The highest BCUT2D eigenvalue weighted by atomic mass is 16.5. The Morgan fingerprint density at radius 3 is 1.20 bits per heavy atom. The molecule has 1 aliphatic heterocycles. The second-order valence-corrected chi connectivity index (χ2v) is 12.7. The molecule has 4 heteroatoms. The van der Waals surface area contributed by atoms with Crippen LogP contribution < -0.4 is 4.74 Å². The van der Waals surface area contributed by atoms with Crippen LogP contribution in [0.25, 0.3) is 67.5 Å². The van der Waals surface area contributed by atoms with Crippen LogP contribution >= 0.6 is 0 Å². The number of hydrogen-bond acceptors (Lipinski definition) is 4. The molecular formula is C46H29N3O. The van der Waals surface area contributed by atoms with Gasteiger partial charge in [-0.2, -0.15) is 0 Å². The molecule has 234 valence electrons. The van der Waals surface area contributed by atoms with Gasteiger partial charge >= 0.3 is 0 Å². The molecule has 8 aromatic rings. The number of fused-ring (bicyclic) bond motifs is 9. The zero-order chi connectivity index (χ0) is 33.1. The third-order valence-corrected chi connectivity index (χ3v) is 9.92. The van der Waals surface area contributed by atoms with Gasteiger partial charge < -0.3 is 4.74 Å². The Hall–Kier alpha value is -6.65. The van der Waals surface area contributed by atoms with Crippen LogP contribution in [0.5, 0.6) is 5.75 Å². The lowest BCUT2D eigenvalue weighted by atomic mass is 9.77. The summed E-state index contributed by atoms with van der Waals surface area (Å²) in [6.45, 7) is 0. The maximum absolute atomic E-state index is 7.20. The maximum Gasteiger partial charge on any atom is 0.186 e. The predicted octanol–water partition coefficient (Wildman–Crippen LogP) is 10.9. The van der Waals surface area contributed by atoms with Crippen molar-refractivity contribution in [2.24, 2.45) is 0 Å². The van der Waals surface area contributed by atoms with Crippen LogP contribution in [0.15, 0.2) is 176 Å². The number of rotatable bonds is 4. The number of hydrogen-bond donors (Lipinski definition) is 0. The van der Waals surface area contributed by atoms with Gasteiger partial charge in [0.2, 0.25) is 0 Å². The minimum absolute atomic E-state index is 0.638. The second kappa shape index (κ2) is 11.2. The molecule has 10 rings (SSSR count). The van der Waals surface area contributed by atoms with Gasteiger partial charge in [0.25, 0.3) is 0 Å². The minimum Gasteiger partial charge on any atom is -0.472 e. The van der Waals surface area contributed by atoms with Gasteiger partial charge in [-0.15, -0.1) is 0 Å². The van der Waals surface area contributed by atoms with Crippen LogP contribution in [-0.2, 0) is 5.60 Å². The molecule has 0 bridgehead atoms. The average molecular weight is 640 g/mol. The molecule has 0 saturated carbocycles. The molecule has 0 N–H and O–H groups in total. The van der Waals surface area contributed by atoms with Crippen LogP contribution in [0, 0.1) is 0 Å². The zero-order valence-electron chi connectivity index (χ0n) is 27.0. The highest BCUT2D eigenvalue weighted by Crippen LogP contribution is 2.58. The summed E-state index contributed by atoms with van der Waals surface area (Å²) in [6, 6.07) is 61.1. The average Bonchev–Trinajstić information content (AvgIpc) is 3.48. The third-order valence-electron chi connectivity index (χ3n) is 9.92. The number of aromatic nitrogens is 3. The number of nitrogens with zero attached hydrogens (tertiary/aromatic N) is 3. The molecule has 1 spiro atoms. The molecule has 7 aromatic carbocycles. The molecular weight excluding hydrogens is 611 g/mol. The Kier molecular flexibility index (Phi) is 6.36. The first-order valence-corrected chi connectivity index (χ1v) is 16.9. The van der Waals surface area contributed by atoms with E-state index in [9.17, 15) is 0 Å². The number of benzene rings is 7. The van der Waals surface area contributed by atoms with Crippen molar-refractivity contribution in [2.45, 2.75) is 5.60 Å². The molecule has 0 atom stereocenters. The van der Waals surface area contributed by atoms with Gasteiger partial charge in [0.15, 0.2) is 23.1 Å². The summed E-state index contributed by atoms with van der Waals surface area (Å²) in [7, 11) is 0. The summed E-state index contributed by atoms with van der Waals surface area (Å²) in [4.78, 5) is 14.7. The first-order valence-electron chi connectivity index (χ1n) is 16.9. The molecule has 0 amide bonds. The van der Waals surface area contributed by atoms with Gasteiger partial charge in [0.1, 0.15) is 5.75 Å². The van der Waals surface area contributed by atoms with Crippen molar-refractivity contribution >= 4 is 0 Å². The van der Waals surface area contributed by atoms with E-state index in [1.807, 2.05) is 60.7 Å². The van der Waals surface area contributed by atoms with Crippen LogP contribution in [0.1, 0.15) is 16.7 Å². The Labute approximate surface area is 290 Å². The normalized spacial score (nSPS) is 13.1. The highest BCUT2D eigenvalue weighted by Gasteiger charge is 2.50. The smallest absolute Gasteiger partial charge is 0.186 e. The Morgan fingerprint density at radius 2 is 0.700 bits per heavy atom. The van der Waals surface area contributed by atoms with Crippen LogP contribution in [-0.4, -0.2) is 15.0 Å². The summed E-state index contributed by atoms with van der Waals surface area (Å²) < 4.78 is 7.20. The van der Waals surface area contributed by atoms with Gasteiger partial charge in [-0.3, -0.25) is 0 Å². The fraction of sp³-hybridized carbons (Fsp3) is 0.0217. The number of ether oxygens (including phenoxy) is 1. The summed E-state index contributed by atoms with van der Waals surface area (Å²) >= 11 is 0. The van der Waals surface area contributed by atoms with E-state index < -0.39 is 5.60 Å². The van der Waals surface area contributed by atoms with Gasteiger partial charge in [-0.1, -0.05) is 164 Å². The molecule has 2 aliphatic rings. The highest BCUT2D eigenvalue weighted by molar-refractivity contribution is 5.89. The lowest BCUT2D eigenvalue weighted by molar-refractivity contribution is 0.157. The monoisotopic (exact) mass is 639 g/mol. The Morgan fingerprint density at radius 1 is 0.320 bits per heavy atom. The van der Waals surface area contributed by atoms with E-state index in [-0.39, 0.29) is 0 Å². The predicted molar refractivity (Wildman–Crippen MR) is 199 cm³/mol. The molecule has 0 saturated heterocycles. The van der Waals surface area contributed by atoms with Crippen molar-refractivity contribution < 1.29 is 4.74 Å². The van der Waals surface area contributed by atoms with E-state index in [1.165, 1.54) is 27.8 Å². The van der Waals surface area contributed by atoms with Gasteiger partial charge in [-0.25, -0.2) is 15.0 Å². The molecule has 2 heterocycles. The van der Waals surface area contributed by atoms with Crippen LogP contribution in [0.2, 0.25) is 0 Å². The molecule has 0 fully saturated rings. The molecule has 0 radical (unpaired) electrons. The van der Waals surface area contributed by atoms with E-state index in [4.69, 9.17) is 19.7 Å². The van der Waals surface area contributed by atoms with Crippen molar-refractivity contribution in [3.05, 3.63) is 193 Å². The second-order valence-electron chi connectivity index (χ2n) is 12.7. The van der Waals surface area contributed by atoms with Crippen LogP contribution in [0.4, 0.5) is 0 Å². The summed E-state index contributed by atoms with van der Waals surface area (Å²) in [6.07, 6.45) is 0. The standard InChI is InChI=1S/C46H29N3O/c1-3-13-31(14-4-1)43-47-44(32-15-5-2-6-16-32)49-45(48-43)33-25-23-30(24-26-33)34-27-28-42-38(29-34)37-19-9-12-22-41(37)46(50-42)39-20-10-7-17-35(39)36-18-8-11-21-40(36)46/h1-29H. The summed E-state index contributed by atoms with van der Waals surface area (Å²) in [5.41, 5.74) is 12.6. The first kappa shape index (κ1) is 28.4. The molecule has 50 heavy (non-hydrogen) atoms. The maximum atomic E-state index is 7.20. The van der Waals surface area contributed by atoms with Crippen molar-refractivity contribution in [1.82, 2.24) is 15.0 Å². The lowest BCUT2D eigenvalue weighted by Crippen LogP contribution is -2.36. The largest absolute Gasteiger partial charge is 0.472 e. The fourth-order valence-electron chi connectivity index (χ4n) is 7.60. The third kappa shape index (κ3) is 4.35. The van der Waals surface area contributed by atoms with E-state index >= 15 is 0 Å². The van der Waals surface area contributed by atoms with Crippen LogP contribution in [0.3, 0.4) is 0 Å². The van der Waals surface area contributed by atoms with Gasteiger partial charge in [0.05, 0.1) is 0 Å². The molecule has 0 unspecified atom stereocenters.